The molecule has 0 spiro atoms. The number of benzene rings is 2. The molecule has 1 atom stereocenters. The minimum absolute atomic E-state index is 0.201. The molecule has 0 saturated heterocycles. The molecule has 4 aromatic rings. The van der Waals surface area contributed by atoms with Crippen molar-refractivity contribution in [2.24, 2.45) is 4.99 Å². The first-order chi connectivity index (χ1) is 17.5. The highest BCUT2D eigenvalue weighted by atomic mass is 32.1. The SMILES string of the molecule is CCOC(=O)C1=C(C)N=c2sc(=Cc3c[nH]c4ccccc34)c(=O)n2C1c1ccc(OC)cc1OC. The number of aromatic nitrogens is 2. The number of para-hydroxylation sites is 1. The molecular formula is C27H25N3O5S. The summed E-state index contributed by atoms with van der Waals surface area (Å²) in [5.41, 5.74) is 3.06. The minimum atomic E-state index is -0.772. The summed E-state index contributed by atoms with van der Waals surface area (Å²) < 4.78 is 18.4. The number of H-pyrrole nitrogens is 1. The van der Waals surface area contributed by atoms with E-state index in [1.165, 1.54) is 11.3 Å². The van der Waals surface area contributed by atoms with Gasteiger partial charge in [0, 0.05) is 34.3 Å². The third kappa shape index (κ3) is 3.91. The summed E-state index contributed by atoms with van der Waals surface area (Å²) in [5.74, 6) is 0.565. The number of carbonyl (C=O) groups excluding carboxylic acids is 1. The van der Waals surface area contributed by atoms with Crippen LogP contribution in [0.15, 0.2) is 69.7 Å². The summed E-state index contributed by atoms with van der Waals surface area (Å²) in [6.45, 7) is 3.70. The van der Waals surface area contributed by atoms with Crippen LogP contribution in [0.25, 0.3) is 17.0 Å². The molecule has 1 N–H and O–H groups in total. The van der Waals surface area contributed by atoms with Gasteiger partial charge in [0.2, 0.25) is 0 Å². The molecule has 0 amide bonds. The number of allylic oxidation sites excluding steroid dienone is 1. The van der Waals surface area contributed by atoms with E-state index in [-0.39, 0.29) is 12.2 Å². The smallest absolute Gasteiger partial charge is 0.338 e. The fourth-order valence-electron chi connectivity index (χ4n) is 4.48. The molecule has 9 heteroatoms. The number of nitrogens with zero attached hydrogens (tertiary/aromatic N) is 2. The maximum Gasteiger partial charge on any atom is 0.338 e. The highest BCUT2D eigenvalue weighted by Crippen LogP contribution is 2.37. The van der Waals surface area contributed by atoms with Crippen molar-refractivity contribution in [3.8, 4) is 11.5 Å². The van der Waals surface area contributed by atoms with Crippen LogP contribution in [-0.2, 0) is 9.53 Å². The number of esters is 1. The fourth-order valence-corrected chi connectivity index (χ4v) is 5.52. The standard InChI is InChI=1S/C27H25N3O5S/c1-5-35-26(32)23-15(2)29-27-30(24(23)19-11-10-17(33-3)13-21(19)34-4)25(31)22(36-27)12-16-14-28-20-9-7-6-8-18(16)20/h6-14,24,28H,5H2,1-4H3. The lowest BCUT2D eigenvalue weighted by atomic mass is 9.95. The maximum atomic E-state index is 13.8. The average Bonchev–Trinajstić information content (AvgIpc) is 3.43. The zero-order valence-electron chi connectivity index (χ0n) is 20.3. The Morgan fingerprint density at radius 3 is 2.75 bits per heavy atom. The van der Waals surface area contributed by atoms with E-state index in [9.17, 15) is 9.59 Å². The molecule has 8 nitrogen and oxygen atoms in total. The zero-order chi connectivity index (χ0) is 25.4. The molecule has 3 heterocycles. The monoisotopic (exact) mass is 503 g/mol. The summed E-state index contributed by atoms with van der Waals surface area (Å²) in [7, 11) is 3.11. The van der Waals surface area contributed by atoms with Crippen molar-refractivity contribution in [2.45, 2.75) is 19.9 Å². The summed E-state index contributed by atoms with van der Waals surface area (Å²) in [4.78, 5) is 35.3. The summed E-state index contributed by atoms with van der Waals surface area (Å²) >= 11 is 1.28. The van der Waals surface area contributed by atoms with Gasteiger partial charge in [0.1, 0.15) is 17.5 Å². The number of ether oxygens (including phenoxy) is 3. The number of nitrogens with one attached hydrogen (secondary N) is 1. The molecule has 184 valence electrons. The third-order valence-corrected chi connectivity index (χ3v) is 7.14. The molecule has 36 heavy (non-hydrogen) atoms. The Balaban J connectivity index is 1.77. The second-order valence-corrected chi connectivity index (χ2v) is 9.21. The van der Waals surface area contributed by atoms with E-state index in [0.29, 0.717) is 37.7 Å². The van der Waals surface area contributed by atoms with Gasteiger partial charge in [0.05, 0.1) is 36.6 Å². The number of hydrogen-bond donors (Lipinski definition) is 1. The van der Waals surface area contributed by atoms with Gasteiger partial charge in [0.25, 0.3) is 5.56 Å². The number of methoxy groups -OCH3 is 2. The minimum Gasteiger partial charge on any atom is -0.497 e. The highest BCUT2D eigenvalue weighted by molar-refractivity contribution is 7.07. The first-order valence-electron chi connectivity index (χ1n) is 11.4. The van der Waals surface area contributed by atoms with Crippen LogP contribution in [0.2, 0.25) is 0 Å². The van der Waals surface area contributed by atoms with Crippen molar-refractivity contribution in [1.29, 1.82) is 0 Å². The molecule has 0 saturated carbocycles. The lowest BCUT2D eigenvalue weighted by molar-refractivity contribution is -0.139. The van der Waals surface area contributed by atoms with Crippen molar-refractivity contribution in [2.75, 3.05) is 20.8 Å². The molecule has 2 aromatic carbocycles. The number of rotatable bonds is 6. The number of hydrogen-bond acceptors (Lipinski definition) is 7. The molecule has 0 aliphatic carbocycles. The third-order valence-electron chi connectivity index (χ3n) is 6.16. The molecule has 0 radical (unpaired) electrons. The second-order valence-electron chi connectivity index (χ2n) is 8.20. The second kappa shape index (κ2) is 9.50. The van der Waals surface area contributed by atoms with Crippen LogP contribution in [0.3, 0.4) is 0 Å². The molecule has 0 fully saturated rings. The van der Waals surface area contributed by atoms with Crippen LogP contribution >= 0.6 is 11.3 Å². The Bertz CT molecular complexity index is 1690. The summed E-state index contributed by atoms with van der Waals surface area (Å²) in [6.07, 6.45) is 3.73. The largest absolute Gasteiger partial charge is 0.497 e. The van der Waals surface area contributed by atoms with Crippen LogP contribution in [0.4, 0.5) is 0 Å². The predicted molar refractivity (Wildman–Crippen MR) is 138 cm³/mol. The fraction of sp³-hybridized carbons (Fsp3) is 0.222. The van der Waals surface area contributed by atoms with Crippen molar-refractivity contribution in [1.82, 2.24) is 9.55 Å². The maximum absolute atomic E-state index is 13.8. The molecule has 2 aromatic heterocycles. The van der Waals surface area contributed by atoms with Crippen molar-refractivity contribution < 1.29 is 19.0 Å². The predicted octanol–water partition coefficient (Wildman–Crippen LogP) is 3.30. The topological polar surface area (TPSA) is 94.9 Å². The van der Waals surface area contributed by atoms with Crippen LogP contribution < -0.4 is 24.4 Å². The van der Waals surface area contributed by atoms with Crippen LogP contribution in [0.5, 0.6) is 11.5 Å². The molecule has 1 aliphatic rings. The van der Waals surface area contributed by atoms with E-state index in [4.69, 9.17) is 14.2 Å². The average molecular weight is 504 g/mol. The van der Waals surface area contributed by atoms with E-state index in [0.717, 1.165) is 16.5 Å². The van der Waals surface area contributed by atoms with Crippen molar-refractivity contribution in [3.63, 3.8) is 0 Å². The normalized spacial score (nSPS) is 15.6. The molecule has 1 aliphatic heterocycles. The van der Waals surface area contributed by atoms with E-state index >= 15 is 0 Å². The molecule has 5 rings (SSSR count). The zero-order valence-corrected chi connectivity index (χ0v) is 21.1. The van der Waals surface area contributed by atoms with Crippen molar-refractivity contribution in [3.05, 3.63) is 90.7 Å². The van der Waals surface area contributed by atoms with Gasteiger partial charge in [-0.3, -0.25) is 9.36 Å². The number of thiazole rings is 1. The highest BCUT2D eigenvalue weighted by Gasteiger charge is 2.35. The van der Waals surface area contributed by atoms with Crippen LogP contribution in [0.1, 0.15) is 31.0 Å². The van der Waals surface area contributed by atoms with Gasteiger partial charge in [-0.2, -0.15) is 0 Å². The lowest BCUT2D eigenvalue weighted by Gasteiger charge is -2.26. The van der Waals surface area contributed by atoms with Gasteiger partial charge < -0.3 is 19.2 Å². The summed E-state index contributed by atoms with van der Waals surface area (Å²) in [5, 5.41) is 1.01. The first-order valence-corrected chi connectivity index (χ1v) is 12.3. The number of aromatic amines is 1. The van der Waals surface area contributed by atoms with Crippen LogP contribution in [0, 0.1) is 0 Å². The van der Waals surface area contributed by atoms with E-state index in [1.807, 2.05) is 36.5 Å². The van der Waals surface area contributed by atoms with E-state index in [2.05, 4.69) is 9.98 Å². The van der Waals surface area contributed by atoms with Gasteiger partial charge in [-0.1, -0.05) is 29.5 Å². The molecule has 1 unspecified atom stereocenters. The Morgan fingerprint density at radius 2 is 2.00 bits per heavy atom. The van der Waals surface area contributed by atoms with Gasteiger partial charge in [-0.05, 0) is 38.1 Å². The quantitative estimate of drug-likeness (QED) is 0.408. The molecule has 0 bridgehead atoms. The van der Waals surface area contributed by atoms with Gasteiger partial charge in [0.15, 0.2) is 4.80 Å². The van der Waals surface area contributed by atoms with Crippen molar-refractivity contribution >= 4 is 34.3 Å². The lowest BCUT2D eigenvalue weighted by Crippen LogP contribution is -2.40. The van der Waals surface area contributed by atoms with Gasteiger partial charge in [-0.25, -0.2) is 9.79 Å². The Kier molecular flexibility index (Phi) is 6.24. The van der Waals surface area contributed by atoms with E-state index < -0.39 is 12.0 Å². The number of fused-ring (bicyclic) bond motifs is 2. The van der Waals surface area contributed by atoms with Gasteiger partial charge in [-0.15, -0.1) is 0 Å². The summed E-state index contributed by atoms with van der Waals surface area (Å²) in [6, 6.07) is 12.4. The number of carbonyl (C=O) groups is 1. The Morgan fingerprint density at radius 1 is 1.19 bits per heavy atom. The first kappa shape index (κ1) is 23.6. The van der Waals surface area contributed by atoms with Crippen LogP contribution in [-0.4, -0.2) is 36.3 Å². The van der Waals surface area contributed by atoms with E-state index in [1.54, 1.807) is 50.8 Å². The molecular weight excluding hydrogens is 478 g/mol. The Labute approximate surface area is 210 Å². The Hall–Kier alpha value is -4.11. The van der Waals surface area contributed by atoms with Gasteiger partial charge >= 0.3 is 5.97 Å².